The maximum Gasteiger partial charge on any atom is 0.133 e. The molecule has 0 bridgehead atoms. The van der Waals surface area contributed by atoms with E-state index in [0.717, 1.165) is 43.2 Å². The van der Waals surface area contributed by atoms with Gasteiger partial charge < -0.3 is 11.1 Å². The van der Waals surface area contributed by atoms with Crippen LogP contribution in [0, 0.1) is 11.3 Å². The highest BCUT2D eigenvalue weighted by Crippen LogP contribution is 2.48. The highest BCUT2D eigenvalue weighted by atomic mass is 31.1. The molecule has 3 N–H and O–H groups in total. The third-order valence-corrected chi connectivity index (χ3v) is 9.25. The van der Waals surface area contributed by atoms with Gasteiger partial charge in [-0.1, -0.05) is 34.8 Å². The van der Waals surface area contributed by atoms with E-state index in [9.17, 15) is 5.26 Å². The molecule has 1 saturated carbocycles. The van der Waals surface area contributed by atoms with Crippen LogP contribution >= 0.6 is 7.92 Å². The van der Waals surface area contributed by atoms with E-state index in [4.69, 9.17) is 15.7 Å². The molecule has 6 heteroatoms. The average molecular weight is 422 g/mol. The molecule has 0 saturated heterocycles. The molecule has 4 rings (SSSR count). The second kappa shape index (κ2) is 8.90. The Labute approximate surface area is 181 Å². The van der Waals surface area contributed by atoms with Gasteiger partial charge in [-0.15, -0.1) is 0 Å². The Hall–Kier alpha value is -2.18. The van der Waals surface area contributed by atoms with Crippen LogP contribution in [0.4, 0.5) is 11.5 Å². The van der Waals surface area contributed by atoms with Gasteiger partial charge in [0.05, 0.1) is 16.9 Å². The standard InChI is InChI=1S/C24H32N5P/c1-4-15(3)17-9-10-20(26)19(13-25)23(17)30-12-11-18-21(14-30)28-22(5-2)29-24(18)27-16-7-6-8-16/h9-10,15-16H,4-8,11-12,14,26H2,1-3H3,(H,27,28,29). The number of aromatic nitrogens is 2. The fraction of sp³-hybridized carbons (Fsp3) is 0.542. The summed E-state index contributed by atoms with van der Waals surface area (Å²) in [4.78, 5) is 9.79. The Morgan fingerprint density at radius 2 is 2.10 bits per heavy atom. The number of anilines is 2. The van der Waals surface area contributed by atoms with E-state index in [-0.39, 0.29) is 0 Å². The molecule has 2 heterocycles. The van der Waals surface area contributed by atoms with Crippen LogP contribution in [0.3, 0.4) is 0 Å². The first-order chi connectivity index (χ1) is 14.5. The number of benzene rings is 1. The summed E-state index contributed by atoms with van der Waals surface area (Å²) in [6.45, 7) is 6.58. The normalized spacial score (nSPS) is 19.5. The zero-order valence-electron chi connectivity index (χ0n) is 18.3. The smallest absolute Gasteiger partial charge is 0.133 e. The van der Waals surface area contributed by atoms with Crippen molar-refractivity contribution < 1.29 is 0 Å². The van der Waals surface area contributed by atoms with Crippen molar-refractivity contribution in [1.29, 1.82) is 5.26 Å². The van der Waals surface area contributed by atoms with Gasteiger partial charge in [-0.05, 0) is 61.1 Å². The SMILES string of the molecule is CCc1nc2c(c(NC3CCC3)n1)CCP(c1c(C(C)CC)ccc(N)c1C#N)C2. The Balaban J connectivity index is 1.74. The minimum absolute atomic E-state index is 0.420. The zero-order valence-corrected chi connectivity index (χ0v) is 19.2. The van der Waals surface area contributed by atoms with Crippen LogP contribution < -0.4 is 16.4 Å². The number of fused-ring (bicyclic) bond motifs is 1. The van der Waals surface area contributed by atoms with Gasteiger partial charge in [-0.2, -0.15) is 5.26 Å². The van der Waals surface area contributed by atoms with Gasteiger partial charge in [0.15, 0.2) is 0 Å². The summed E-state index contributed by atoms with van der Waals surface area (Å²) < 4.78 is 0. The molecule has 1 aromatic heterocycles. The van der Waals surface area contributed by atoms with E-state index in [1.807, 2.05) is 6.07 Å². The van der Waals surface area contributed by atoms with E-state index in [1.165, 1.54) is 41.4 Å². The molecule has 0 radical (unpaired) electrons. The molecule has 1 aromatic carbocycles. The molecule has 1 aliphatic carbocycles. The average Bonchev–Trinajstić information content (AvgIpc) is 2.74. The van der Waals surface area contributed by atoms with Crippen LogP contribution in [-0.4, -0.2) is 22.2 Å². The highest BCUT2D eigenvalue weighted by Gasteiger charge is 2.30. The molecule has 0 amide bonds. The largest absolute Gasteiger partial charge is 0.398 e. The van der Waals surface area contributed by atoms with Gasteiger partial charge in [0.25, 0.3) is 0 Å². The van der Waals surface area contributed by atoms with Crippen LogP contribution in [0.25, 0.3) is 0 Å². The van der Waals surface area contributed by atoms with Crippen molar-refractivity contribution in [2.45, 2.75) is 77.4 Å². The number of nitrogens with one attached hydrogen (secondary N) is 1. The van der Waals surface area contributed by atoms with Gasteiger partial charge in [0.1, 0.15) is 17.7 Å². The number of rotatable bonds is 6. The molecule has 2 aliphatic rings. The summed E-state index contributed by atoms with van der Waals surface area (Å²) in [7, 11) is -0.516. The number of hydrogen-bond acceptors (Lipinski definition) is 5. The van der Waals surface area contributed by atoms with Gasteiger partial charge in [-0.25, -0.2) is 9.97 Å². The fourth-order valence-electron chi connectivity index (χ4n) is 4.39. The van der Waals surface area contributed by atoms with Crippen molar-refractivity contribution in [2.75, 3.05) is 17.2 Å². The maximum absolute atomic E-state index is 9.91. The van der Waals surface area contributed by atoms with E-state index in [0.29, 0.717) is 23.2 Å². The molecular weight excluding hydrogens is 389 g/mol. The first-order valence-corrected chi connectivity index (χ1v) is 13.0. The predicted octanol–water partition coefficient (Wildman–Crippen LogP) is 4.83. The van der Waals surface area contributed by atoms with E-state index >= 15 is 0 Å². The van der Waals surface area contributed by atoms with Gasteiger partial charge in [-0.3, -0.25) is 0 Å². The Bertz CT molecular complexity index is 977. The number of aryl methyl sites for hydroxylation is 1. The molecule has 30 heavy (non-hydrogen) atoms. The van der Waals surface area contributed by atoms with Crippen LogP contribution in [0.2, 0.25) is 0 Å². The topological polar surface area (TPSA) is 87.6 Å². The van der Waals surface area contributed by atoms with Gasteiger partial charge >= 0.3 is 0 Å². The van der Waals surface area contributed by atoms with Crippen LogP contribution in [0.1, 0.15) is 80.6 Å². The van der Waals surface area contributed by atoms with Crippen LogP contribution in [0.5, 0.6) is 0 Å². The molecular formula is C24H32N5P. The third kappa shape index (κ3) is 3.91. The van der Waals surface area contributed by atoms with Crippen molar-refractivity contribution in [2.24, 2.45) is 0 Å². The minimum Gasteiger partial charge on any atom is -0.398 e. The first-order valence-electron chi connectivity index (χ1n) is 11.3. The Kier molecular flexibility index (Phi) is 6.25. The van der Waals surface area contributed by atoms with Crippen molar-refractivity contribution in [1.82, 2.24) is 9.97 Å². The molecule has 0 spiro atoms. The first kappa shape index (κ1) is 21.1. The lowest BCUT2D eigenvalue weighted by atomic mass is 9.93. The fourth-order valence-corrected chi connectivity index (χ4v) is 7.21. The lowest BCUT2D eigenvalue weighted by Gasteiger charge is -2.32. The molecule has 1 fully saturated rings. The molecule has 2 unspecified atom stereocenters. The lowest BCUT2D eigenvalue weighted by molar-refractivity contribution is 0.443. The van der Waals surface area contributed by atoms with Crippen LogP contribution in [0.15, 0.2) is 12.1 Å². The molecule has 1 aliphatic heterocycles. The minimum atomic E-state index is -0.516. The quantitative estimate of drug-likeness (QED) is 0.515. The molecule has 158 valence electrons. The van der Waals surface area contributed by atoms with Crippen molar-refractivity contribution in [3.63, 3.8) is 0 Å². The number of nitrogens with two attached hydrogens (primary N) is 1. The molecule has 2 aromatic rings. The van der Waals surface area contributed by atoms with E-state index in [1.54, 1.807) is 0 Å². The number of nitrogens with zero attached hydrogens (tertiary/aromatic N) is 3. The highest BCUT2D eigenvalue weighted by molar-refractivity contribution is 7.65. The summed E-state index contributed by atoms with van der Waals surface area (Å²) >= 11 is 0. The summed E-state index contributed by atoms with van der Waals surface area (Å²) in [5, 5.41) is 14.8. The molecule has 5 nitrogen and oxygen atoms in total. The number of nitrogen functional groups attached to an aromatic ring is 1. The van der Waals surface area contributed by atoms with E-state index < -0.39 is 7.92 Å². The second-order valence-electron chi connectivity index (χ2n) is 8.60. The second-order valence-corrected chi connectivity index (χ2v) is 10.9. The zero-order chi connectivity index (χ0) is 21.3. The summed E-state index contributed by atoms with van der Waals surface area (Å²) in [5.74, 6) is 2.40. The Morgan fingerprint density at radius 1 is 1.30 bits per heavy atom. The van der Waals surface area contributed by atoms with E-state index in [2.05, 4.69) is 38.2 Å². The summed E-state index contributed by atoms with van der Waals surface area (Å²) in [5.41, 5.74) is 11.3. The predicted molar refractivity (Wildman–Crippen MR) is 126 cm³/mol. The monoisotopic (exact) mass is 421 g/mol. The summed E-state index contributed by atoms with van der Waals surface area (Å²) in [6, 6.07) is 7.05. The Morgan fingerprint density at radius 3 is 2.73 bits per heavy atom. The van der Waals surface area contributed by atoms with Gasteiger partial charge in [0.2, 0.25) is 0 Å². The number of hydrogen-bond donors (Lipinski definition) is 2. The third-order valence-electron chi connectivity index (χ3n) is 6.69. The molecule has 2 atom stereocenters. The van der Waals surface area contributed by atoms with Crippen molar-refractivity contribution in [3.05, 3.63) is 40.3 Å². The van der Waals surface area contributed by atoms with Gasteiger partial charge in [0, 0.05) is 24.2 Å². The maximum atomic E-state index is 9.91. The van der Waals surface area contributed by atoms with Crippen LogP contribution in [-0.2, 0) is 19.0 Å². The van der Waals surface area contributed by atoms with Crippen molar-refractivity contribution in [3.8, 4) is 6.07 Å². The summed E-state index contributed by atoms with van der Waals surface area (Å²) in [6.07, 6.45) is 8.63. The van der Waals surface area contributed by atoms with Crippen molar-refractivity contribution >= 4 is 24.7 Å². The lowest BCUT2D eigenvalue weighted by Crippen LogP contribution is -2.30. The number of nitriles is 1.